The van der Waals surface area contributed by atoms with Gasteiger partial charge in [-0.25, -0.2) is 12.8 Å². The number of sulfonamides is 1. The molecule has 0 radical (unpaired) electrons. The van der Waals surface area contributed by atoms with E-state index in [-0.39, 0.29) is 11.4 Å². The van der Waals surface area contributed by atoms with Crippen molar-refractivity contribution in [3.63, 3.8) is 0 Å². The summed E-state index contributed by atoms with van der Waals surface area (Å²) in [5.74, 6) is 0.416. The van der Waals surface area contributed by atoms with Crippen molar-refractivity contribution in [1.29, 1.82) is 0 Å². The van der Waals surface area contributed by atoms with Crippen LogP contribution in [0.5, 0.6) is 5.75 Å². The van der Waals surface area contributed by atoms with Gasteiger partial charge in [-0.1, -0.05) is 23.4 Å². The molecule has 0 aliphatic heterocycles. The summed E-state index contributed by atoms with van der Waals surface area (Å²) in [6.07, 6.45) is 0. The molecule has 2 aromatic carbocycles. The molecule has 0 N–H and O–H groups in total. The van der Waals surface area contributed by atoms with E-state index in [2.05, 4.69) is 5.16 Å². The van der Waals surface area contributed by atoms with Gasteiger partial charge >= 0.3 is 0 Å². The average Bonchev–Trinajstić information content (AvgIpc) is 3.44. The van der Waals surface area contributed by atoms with Gasteiger partial charge < -0.3 is 9.26 Å². The van der Waals surface area contributed by atoms with Crippen molar-refractivity contribution in [3.8, 4) is 16.4 Å². The summed E-state index contributed by atoms with van der Waals surface area (Å²) in [6, 6.07) is 16.9. The van der Waals surface area contributed by atoms with E-state index in [9.17, 15) is 12.8 Å². The van der Waals surface area contributed by atoms with Crippen molar-refractivity contribution in [1.82, 2.24) is 5.16 Å². The van der Waals surface area contributed by atoms with Gasteiger partial charge in [-0.3, -0.25) is 4.31 Å². The maximum absolute atomic E-state index is 13.4. The van der Waals surface area contributed by atoms with E-state index in [4.69, 9.17) is 9.26 Å². The van der Waals surface area contributed by atoms with Crippen LogP contribution in [0.2, 0.25) is 0 Å². The summed E-state index contributed by atoms with van der Waals surface area (Å²) in [7, 11) is -2.57. The van der Waals surface area contributed by atoms with Gasteiger partial charge in [0.25, 0.3) is 10.0 Å². The Balaban J connectivity index is 1.77. The second-order valence-corrected chi connectivity index (χ2v) is 9.11. The number of methoxy groups -OCH3 is 1. The molecule has 0 bridgehead atoms. The smallest absolute Gasteiger partial charge is 0.264 e. The number of nitrogens with zero attached hydrogens (tertiary/aromatic N) is 2. The Morgan fingerprint density at radius 3 is 2.57 bits per heavy atom. The predicted octanol–water partition coefficient (Wildman–Crippen LogP) is 4.95. The maximum atomic E-state index is 13.4. The van der Waals surface area contributed by atoms with Gasteiger partial charge in [0.1, 0.15) is 17.3 Å². The molecular weight excluding hydrogens is 427 g/mol. The summed E-state index contributed by atoms with van der Waals surface area (Å²) >= 11 is 1.49. The van der Waals surface area contributed by atoms with E-state index in [1.54, 1.807) is 30.3 Å². The molecule has 6 nitrogen and oxygen atoms in total. The number of benzene rings is 2. The largest absolute Gasteiger partial charge is 0.495 e. The average molecular weight is 445 g/mol. The van der Waals surface area contributed by atoms with Crippen molar-refractivity contribution >= 4 is 27.0 Å². The van der Waals surface area contributed by atoms with Crippen LogP contribution in [0.15, 0.2) is 81.5 Å². The van der Waals surface area contributed by atoms with Crippen molar-refractivity contribution in [2.24, 2.45) is 0 Å². The van der Waals surface area contributed by atoms with Gasteiger partial charge in [-0.15, -0.1) is 11.3 Å². The van der Waals surface area contributed by atoms with Gasteiger partial charge in [0, 0.05) is 6.07 Å². The Morgan fingerprint density at radius 1 is 1.10 bits per heavy atom. The first kappa shape index (κ1) is 20.1. The highest BCUT2D eigenvalue weighted by atomic mass is 32.2. The van der Waals surface area contributed by atoms with Crippen LogP contribution in [-0.4, -0.2) is 20.7 Å². The molecular formula is C21H17FN2O4S2. The third-order valence-electron chi connectivity index (χ3n) is 4.38. The SMILES string of the molecule is COc1ccccc1N(Cc1cc(-c2cccs2)on1)S(=O)(=O)c1ccc(F)cc1. The first-order chi connectivity index (χ1) is 14.5. The summed E-state index contributed by atoms with van der Waals surface area (Å²) in [5, 5.41) is 5.95. The first-order valence-corrected chi connectivity index (χ1v) is 11.2. The number of para-hydroxylation sites is 2. The van der Waals surface area contributed by atoms with Crippen LogP contribution < -0.4 is 9.04 Å². The number of ether oxygens (including phenoxy) is 1. The zero-order chi connectivity index (χ0) is 21.1. The van der Waals surface area contributed by atoms with Gasteiger partial charge in [-0.05, 0) is 47.8 Å². The van der Waals surface area contributed by atoms with Crippen LogP contribution in [0.25, 0.3) is 10.6 Å². The molecule has 0 saturated heterocycles. The van der Waals surface area contributed by atoms with Gasteiger partial charge in [-0.2, -0.15) is 0 Å². The molecule has 4 rings (SSSR count). The number of thiophene rings is 1. The van der Waals surface area contributed by atoms with Crippen LogP contribution in [0.4, 0.5) is 10.1 Å². The lowest BCUT2D eigenvalue weighted by Crippen LogP contribution is -2.31. The molecule has 9 heteroatoms. The molecule has 2 aromatic heterocycles. The fourth-order valence-corrected chi connectivity index (χ4v) is 5.06. The van der Waals surface area contributed by atoms with Gasteiger partial charge in [0.05, 0.1) is 29.1 Å². The third kappa shape index (κ3) is 3.94. The monoisotopic (exact) mass is 444 g/mol. The molecule has 0 spiro atoms. The van der Waals surface area contributed by atoms with Crippen LogP contribution in [0, 0.1) is 5.82 Å². The standard InChI is InChI=1S/C21H17FN2O4S2/c1-27-19-6-3-2-5-18(19)24(30(25,26)17-10-8-15(22)9-11-17)14-16-13-20(28-23-16)21-7-4-12-29-21/h2-13H,14H2,1H3. The van der Waals surface area contributed by atoms with Crippen LogP contribution in [0.3, 0.4) is 0 Å². The van der Waals surface area contributed by atoms with Gasteiger partial charge in [0.2, 0.25) is 0 Å². The van der Waals surface area contributed by atoms with Gasteiger partial charge in [0.15, 0.2) is 5.76 Å². The highest BCUT2D eigenvalue weighted by Crippen LogP contribution is 2.34. The van der Waals surface area contributed by atoms with E-state index >= 15 is 0 Å². The molecule has 0 amide bonds. The third-order valence-corrected chi connectivity index (χ3v) is 7.04. The molecule has 0 aliphatic carbocycles. The fraction of sp³-hybridized carbons (Fsp3) is 0.0952. The lowest BCUT2D eigenvalue weighted by Gasteiger charge is -2.25. The number of hydrogen-bond acceptors (Lipinski definition) is 6. The molecule has 0 aliphatic rings. The first-order valence-electron chi connectivity index (χ1n) is 8.90. The van der Waals surface area contributed by atoms with Crippen LogP contribution >= 0.6 is 11.3 Å². The molecule has 0 fully saturated rings. The fourth-order valence-electron chi connectivity index (χ4n) is 2.94. The minimum atomic E-state index is -4.04. The van der Waals surface area contributed by atoms with Crippen LogP contribution in [0.1, 0.15) is 5.69 Å². The normalized spacial score (nSPS) is 11.4. The lowest BCUT2D eigenvalue weighted by atomic mass is 10.2. The highest BCUT2D eigenvalue weighted by Gasteiger charge is 2.28. The summed E-state index contributed by atoms with van der Waals surface area (Å²) in [5.41, 5.74) is 0.764. The van der Waals surface area contributed by atoms with E-state index in [1.165, 1.54) is 34.9 Å². The zero-order valence-corrected chi connectivity index (χ0v) is 17.5. The maximum Gasteiger partial charge on any atom is 0.264 e. The second kappa shape index (κ2) is 8.29. The molecule has 0 atom stereocenters. The molecule has 0 unspecified atom stereocenters. The van der Waals surface area contributed by atoms with E-state index in [0.717, 1.165) is 17.0 Å². The Morgan fingerprint density at radius 2 is 1.87 bits per heavy atom. The number of aromatic nitrogens is 1. The Bertz CT molecular complexity index is 1240. The summed E-state index contributed by atoms with van der Waals surface area (Å²) in [6.45, 7) is -0.0883. The Labute approximate surface area is 177 Å². The van der Waals surface area contributed by atoms with E-state index in [1.807, 2.05) is 17.5 Å². The predicted molar refractivity (Wildman–Crippen MR) is 113 cm³/mol. The van der Waals surface area contributed by atoms with E-state index in [0.29, 0.717) is 22.9 Å². The van der Waals surface area contributed by atoms with Crippen LogP contribution in [-0.2, 0) is 16.6 Å². The van der Waals surface area contributed by atoms with Crippen molar-refractivity contribution < 1.29 is 22.1 Å². The molecule has 154 valence electrons. The Kier molecular flexibility index (Phi) is 5.56. The van der Waals surface area contributed by atoms with Crippen molar-refractivity contribution in [3.05, 3.63) is 83.6 Å². The number of hydrogen-bond donors (Lipinski definition) is 0. The van der Waals surface area contributed by atoms with Crippen molar-refractivity contribution in [2.75, 3.05) is 11.4 Å². The summed E-state index contributed by atoms with van der Waals surface area (Å²) < 4.78 is 52.2. The minimum absolute atomic E-state index is 0.0446. The number of rotatable bonds is 7. The molecule has 30 heavy (non-hydrogen) atoms. The Hall–Kier alpha value is -3.17. The van der Waals surface area contributed by atoms with Crippen molar-refractivity contribution in [2.45, 2.75) is 11.4 Å². The molecule has 0 saturated carbocycles. The zero-order valence-electron chi connectivity index (χ0n) is 15.9. The quantitative estimate of drug-likeness (QED) is 0.403. The highest BCUT2D eigenvalue weighted by molar-refractivity contribution is 7.92. The van der Waals surface area contributed by atoms with E-state index < -0.39 is 15.8 Å². The molecule has 2 heterocycles. The summed E-state index contributed by atoms with van der Waals surface area (Å²) in [4.78, 5) is 0.843. The topological polar surface area (TPSA) is 72.6 Å². The number of halogens is 1. The second-order valence-electron chi connectivity index (χ2n) is 6.30. The molecule has 4 aromatic rings. The minimum Gasteiger partial charge on any atom is -0.495 e. The number of anilines is 1. The lowest BCUT2D eigenvalue weighted by molar-refractivity contribution is 0.414.